The van der Waals surface area contributed by atoms with Crippen LogP contribution in [0.1, 0.15) is 24.1 Å². The van der Waals surface area contributed by atoms with Crippen LogP contribution >= 0.6 is 0 Å². The van der Waals surface area contributed by atoms with E-state index in [1.807, 2.05) is 29.1 Å². The van der Waals surface area contributed by atoms with Gasteiger partial charge in [0.25, 0.3) is 0 Å². The van der Waals surface area contributed by atoms with E-state index in [1.54, 1.807) is 0 Å². The third kappa shape index (κ3) is 2.16. The van der Waals surface area contributed by atoms with Crippen LogP contribution in [0.15, 0.2) is 43.1 Å². The molecule has 0 radical (unpaired) electrons. The Morgan fingerprint density at radius 2 is 1.84 bits per heavy atom. The Kier molecular flexibility index (Phi) is 3.11. The van der Waals surface area contributed by atoms with Crippen molar-refractivity contribution >= 4 is 5.70 Å². The maximum atomic E-state index is 4.51. The van der Waals surface area contributed by atoms with Gasteiger partial charge in [0.2, 0.25) is 0 Å². The van der Waals surface area contributed by atoms with Gasteiger partial charge in [-0.2, -0.15) is 5.10 Å². The lowest BCUT2D eigenvalue weighted by atomic mass is 10.2. The van der Waals surface area contributed by atoms with E-state index < -0.39 is 0 Å². The molecule has 0 spiro atoms. The maximum absolute atomic E-state index is 4.51. The Morgan fingerprint density at radius 1 is 1.16 bits per heavy atom. The highest BCUT2D eigenvalue weighted by Crippen LogP contribution is 2.25. The smallest absolute Gasteiger partial charge is 0.0648 e. The van der Waals surface area contributed by atoms with E-state index in [2.05, 4.69) is 35.6 Å². The molecule has 3 nitrogen and oxygen atoms in total. The minimum Gasteiger partial charge on any atom is -0.371 e. The van der Waals surface area contributed by atoms with Gasteiger partial charge in [0.15, 0.2) is 0 Å². The highest BCUT2D eigenvalue weighted by atomic mass is 15.3. The van der Waals surface area contributed by atoms with E-state index in [9.17, 15) is 0 Å². The maximum Gasteiger partial charge on any atom is 0.0648 e. The molecule has 0 N–H and O–H groups in total. The molecule has 1 aromatic carbocycles. The minimum absolute atomic E-state index is 1.10. The van der Waals surface area contributed by atoms with E-state index in [0.29, 0.717) is 0 Å². The van der Waals surface area contributed by atoms with Crippen LogP contribution in [-0.4, -0.2) is 27.8 Å². The predicted octanol–water partition coefficient (Wildman–Crippen LogP) is 3.25. The predicted molar refractivity (Wildman–Crippen MR) is 78.1 cm³/mol. The number of hydrogen-bond donors (Lipinski definition) is 0. The van der Waals surface area contributed by atoms with Crippen LogP contribution < -0.4 is 0 Å². The Morgan fingerprint density at radius 3 is 2.53 bits per heavy atom. The lowest BCUT2D eigenvalue weighted by Gasteiger charge is -2.20. The summed E-state index contributed by atoms with van der Waals surface area (Å²) in [4.78, 5) is 2.36. The minimum atomic E-state index is 1.10. The number of benzene rings is 1. The van der Waals surface area contributed by atoms with Crippen molar-refractivity contribution in [2.75, 3.05) is 13.1 Å². The number of rotatable bonds is 3. The Hall–Kier alpha value is -2.03. The van der Waals surface area contributed by atoms with E-state index in [1.165, 1.54) is 12.8 Å². The van der Waals surface area contributed by atoms with Gasteiger partial charge >= 0.3 is 0 Å². The summed E-state index contributed by atoms with van der Waals surface area (Å²) >= 11 is 0. The third-order valence-electron chi connectivity index (χ3n) is 3.81. The summed E-state index contributed by atoms with van der Waals surface area (Å²) in [5.41, 5.74) is 4.52. The second-order valence-corrected chi connectivity index (χ2v) is 5.03. The van der Waals surface area contributed by atoms with E-state index in [-0.39, 0.29) is 0 Å². The zero-order valence-corrected chi connectivity index (χ0v) is 11.3. The zero-order valence-electron chi connectivity index (χ0n) is 11.3. The summed E-state index contributed by atoms with van der Waals surface area (Å²) in [6, 6.07) is 10.2. The molecule has 1 aromatic heterocycles. The van der Waals surface area contributed by atoms with E-state index in [4.69, 9.17) is 0 Å². The molecular weight excluding hydrogens is 234 g/mol. The molecule has 1 fully saturated rings. The largest absolute Gasteiger partial charge is 0.371 e. The van der Waals surface area contributed by atoms with Gasteiger partial charge in [-0.1, -0.05) is 24.8 Å². The van der Waals surface area contributed by atoms with Gasteiger partial charge in [0.05, 0.1) is 17.6 Å². The van der Waals surface area contributed by atoms with Gasteiger partial charge in [0, 0.05) is 24.4 Å². The second-order valence-electron chi connectivity index (χ2n) is 5.03. The first-order chi connectivity index (χ1) is 9.27. The summed E-state index contributed by atoms with van der Waals surface area (Å²) in [5.74, 6) is 0. The van der Waals surface area contributed by atoms with Crippen molar-refractivity contribution in [2.45, 2.75) is 19.8 Å². The fourth-order valence-electron chi connectivity index (χ4n) is 2.68. The average Bonchev–Trinajstić information content (AvgIpc) is 3.08. The lowest BCUT2D eigenvalue weighted by Crippen LogP contribution is -2.17. The molecule has 3 rings (SSSR count). The fourth-order valence-corrected chi connectivity index (χ4v) is 2.68. The quantitative estimate of drug-likeness (QED) is 0.837. The number of likely N-dealkylation sites (tertiary alicyclic amines) is 1. The molecule has 2 aromatic rings. The Balaban J connectivity index is 1.93. The average molecular weight is 253 g/mol. The highest BCUT2D eigenvalue weighted by molar-refractivity contribution is 5.64. The molecule has 98 valence electrons. The second kappa shape index (κ2) is 4.92. The summed E-state index contributed by atoms with van der Waals surface area (Å²) in [7, 11) is 0. The van der Waals surface area contributed by atoms with Crippen molar-refractivity contribution in [2.24, 2.45) is 0 Å². The topological polar surface area (TPSA) is 21.1 Å². The number of para-hydroxylation sites is 1. The lowest BCUT2D eigenvalue weighted by molar-refractivity contribution is 0.494. The van der Waals surface area contributed by atoms with Crippen molar-refractivity contribution < 1.29 is 0 Å². The molecule has 2 heterocycles. The van der Waals surface area contributed by atoms with Crippen molar-refractivity contribution in [1.82, 2.24) is 14.7 Å². The van der Waals surface area contributed by atoms with Gasteiger partial charge in [0.1, 0.15) is 0 Å². The SMILES string of the molecule is C=C(c1cnn(-c2ccccc2)c1C)N1CCCC1. The first kappa shape index (κ1) is 12.0. The first-order valence-corrected chi connectivity index (χ1v) is 6.81. The van der Waals surface area contributed by atoms with Crippen LogP contribution in [0, 0.1) is 6.92 Å². The van der Waals surface area contributed by atoms with Crippen molar-refractivity contribution in [1.29, 1.82) is 0 Å². The van der Waals surface area contributed by atoms with E-state index >= 15 is 0 Å². The molecule has 0 aliphatic carbocycles. The summed E-state index contributed by atoms with van der Waals surface area (Å²) in [6.07, 6.45) is 4.47. The normalized spacial score (nSPS) is 14.9. The molecule has 0 atom stereocenters. The van der Waals surface area contributed by atoms with Crippen molar-refractivity contribution in [3.8, 4) is 5.69 Å². The van der Waals surface area contributed by atoms with Crippen LogP contribution in [0.3, 0.4) is 0 Å². The van der Waals surface area contributed by atoms with Crippen LogP contribution in [0.25, 0.3) is 11.4 Å². The number of aromatic nitrogens is 2. The molecule has 1 aliphatic heterocycles. The van der Waals surface area contributed by atoms with Crippen LogP contribution in [0.4, 0.5) is 0 Å². The molecule has 3 heteroatoms. The summed E-state index contributed by atoms with van der Waals surface area (Å²) in [5, 5.41) is 4.51. The molecular formula is C16H19N3. The van der Waals surface area contributed by atoms with Gasteiger partial charge < -0.3 is 4.90 Å². The standard InChI is InChI=1S/C16H19N3/c1-13(18-10-6-7-11-18)16-12-17-19(14(16)2)15-8-4-3-5-9-15/h3-5,8-9,12H,1,6-7,10-11H2,2H3. The van der Waals surface area contributed by atoms with Crippen molar-refractivity contribution in [3.63, 3.8) is 0 Å². The Bertz CT molecular complexity index is 577. The van der Waals surface area contributed by atoms with Gasteiger partial charge in [-0.3, -0.25) is 0 Å². The summed E-state index contributed by atoms with van der Waals surface area (Å²) in [6.45, 7) is 8.59. The number of hydrogen-bond acceptors (Lipinski definition) is 2. The van der Waals surface area contributed by atoms with Crippen LogP contribution in [-0.2, 0) is 0 Å². The molecule has 19 heavy (non-hydrogen) atoms. The molecule has 0 amide bonds. The van der Waals surface area contributed by atoms with Gasteiger partial charge in [-0.15, -0.1) is 0 Å². The van der Waals surface area contributed by atoms with E-state index in [0.717, 1.165) is 35.7 Å². The fraction of sp³-hybridized carbons (Fsp3) is 0.312. The molecule has 0 unspecified atom stereocenters. The molecule has 1 aliphatic rings. The number of nitrogens with zero attached hydrogens (tertiary/aromatic N) is 3. The molecule has 1 saturated heterocycles. The first-order valence-electron chi connectivity index (χ1n) is 6.81. The molecule has 0 saturated carbocycles. The van der Waals surface area contributed by atoms with Gasteiger partial charge in [-0.05, 0) is 31.9 Å². The molecule has 0 bridgehead atoms. The monoisotopic (exact) mass is 253 g/mol. The zero-order chi connectivity index (χ0) is 13.2. The summed E-state index contributed by atoms with van der Waals surface area (Å²) < 4.78 is 1.98. The van der Waals surface area contributed by atoms with Crippen LogP contribution in [0.5, 0.6) is 0 Å². The highest BCUT2D eigenvalue weighted by Gasteiger charge is 2.18. The van der Waals surface area contributed by atoms with Crippen LogP contribution in [0.2, 0.25) is 0 Å². The van der Waals surface area contributed by atoms with Crippen molar-refractivity contribution in [3.05, 3.63) is 54.4 Å². The van der Waals surface area contributed by atoms with Gasteiger partial charge in [-0.25, -0.2) is 4.68 Å². The Labute approximate surface area is 114 Å². The third-order valence-corrected chi connectivity index (χ3v) is 3.81.